The zero-order chi connectivity index (χ0) is 12.5. The molecule has 0 aromatic heterocycles. The molecule has 0 bridgehead atoms. The summed E-state index contributed by atoms with van der Waals surface area (Å²) in [6, 6.07) is 6.43. The average molecular weight is 249 g/mol. The largest absolute Gasteiger partial charge is 0.323 e. The first-order valence-corrected chi connectivity index (χ1v) is 6.28. The van der Waals surface area contributed by atoms with Crippen molar-refractivity contribution in [3.8, 4) is 0 Å². The van der Waals surface area contributed by atoms with E-state index in [9.17, 15) is 9.18 Å². The molecule has 1 aromatic carbocycles. The van der Waals surface area contributed by atoms with E-state index < -0.39 is 5.82 Å². The molecule has 5 heteroatoms. The van der Waals surface area contributed by atoms with Crippen molar-refractivity contribution in [1.29, 1.82) is 0 Å². The van der Waals surface area contributed by atoms with Crippen molar-refractivity contribution in [3.05, 3.63) is 30.1 Å². The molecule has 0 radical (unpaired) electrons. The van der Waals surface area contributed by atoms with Crippen molar-refractivity contribution < 1.29 is 9.18 Å². The topological polar surface area (TPSA) is 44.4 Å². The number of halogens is 1. The Morgan fingerprint density at radius 3 is 3.00 bits per heavy atom. The molecule has 2 amide bonds. The van der Waals surface area contributed by atoms with E-state index in [1.807, 2.05) is 0 Å². The zero-order valence-corrected chi connectivity index (χ0v) is 10.0. The van der Waals surface area contributed by atoms with Gasteiger partial charge >= 0.3 is 6.03 Å². The highest BCUT2D eigenvalue weighted by atomic mass is 19.1. The third-order valence-corrected chi connectivity index (χ3v) is 3.77. The molecule has 2 fully saturated rings. The van der Waals surface area contributed by atoms with Crippen LogP contribution in [0.5, 0.6) is 0 Å². The number of hydrogen-bond acceptors (Lipinski definition) is 2. The van der Waals surface area contributed by atoms with Crippen molar-refractivity contribution in [3.63, 3.8) is 0 Å². The van der Waals surface area contributed by atoms with E-state index in [1.54, 1.807) is 23.1 Å². The lowest BCUT2D eigenvalue weighted by Crippen LogP contribution is -2.36. The van der Waals surface area contributed by atoms with E-state index in [1.165, 1.54) is 6.07 Å². The smallest absolute Gasteiger partial charge is 0.321 e. The molecule has 2 N–H and O–H groups in total. The number of rotatable bonds is 1. The van der Waals surface area contributed by atoms with Gasteiger partial charge in [-0.2, -0.15) is 0 Å². The summed E-state index contributed by atoms with van der Waals surface area (Å²) in [6.45, 7) is 2.51. The van der Waals surface area contributed by atoms with Crippen LogP contribution in [0.3, 0.4) is 0 Å². The summed E-state index contributed by atoms with van der Waals surface area (Å²) in [5.74, 6) is 0.153. The Morgan fingerprint density at radius 1 is 1.39 bits per heavy atom. The summed E-state index contributed by atoms with van der Waals surface area (Å²) in [6.07, 6.45) is 1.12. The Balaban J connectivity index is 1.64. The Bertz CT molecular complexity index is 453. The second-order valence-electron chi connectivity index (χ2n) is 4.92. The zero-order valence-electron chi connectivity index (χ0n) is 10.0. The summed E-state index contributed by atoms with van der Waals surface area (Å²) in [5, 5.41) is 6.01. The van der Waals surface area contributed by atoms with Gasteiger partial charge in [0.25, 0.3) is 0 Å². The summed E-state index contributed by atoms with van der Waals surface area (Å²) in [7, 11) is 0. The Labute approximate surface area is 105 Å². The van der Waals surface area contributed by atoms with Crippen molar-refractivity contribution in [2.75, 3.05) is 25.0 Å². The fourth-order valence-electron chi connectivity index (χ4n) is 2.77. The number of hydrogen-bond donors (Lipinski definition) is 2. The van der Waals surface area contributed by atoms with E-state index in [0.717, 1.165) is 19.5 Å². The first kappa shape index (κ1) is 11.5. The standard InChI is InChI=1S/C13H16FN3O/c14-10-3-1-2-4-11(10)16-13(18)17-7-9-5-6-15-12(9)8-17/h1-4,9,12,15H,5-8H2,(H,16,18)/t9-,12+/m0/s1. The van der Waals surface area contributed by atoms with Crippen LogP contribution in [0.15, 0.2) is 24.3 Å². The monoisotopic (exact) mass is 249 g/mol. The minimum Gasteiger partial charge on any atom is -0.323 e. The molecule has 0 spiro atoms. The number of amides is 2. The first-order chi connectivity index (χ1) is 8.74. The van der Waals surface area contributed by atoms with Gasteiger partial charge in [0, 0.05) is 19.1 Å². The molecule has 96 valence electrons. The summed E-state index contributed by atoms with van der Waals surface area (Å²) in [5.41, 5.74) is 0.243. The molecule has 2 saturated heterocycles. The van der Waals surface area contributed by atoms with Gasteiger partial charge in [-0.05, 0) is 31.0 Å². The van der Waals surface area contributed by atoms with Crippen LogP contribution < -0.4 is 10.6 Å². The van der Waals surface area contributed by atoms with Crippen LogP contribution >= 0.6 is 0 Å². The van der Waals surface area contributed by atoms with Crippen LogP contribution in [-0.4, -0.2) is 36.6 Å². The fraction of sp³-hybridized carbons (Fsp3) is 0.462. The summed E-state index contributed by atoms with van der Waals surface area (Å²) >= 11 is 0. The van der Waals surface area contributed by atoms with Crippen molar-refractivity contribution in [1.82, 2.24) is 10.2 Å². The first-order valence-electron chi connectivity index (χ1n) is 6.28. The highest BCUT2D eigenvalue weighted by Gasteiger charge is 2.37. The van der Waals surface area contributed by atoms with Crippen molar-refractivity contribution >= 4 is 11.7 Å². The van der Waals surface area contributed by atoms with Crippen LogP contribution in [0.25, 0.3) is 0 Å². The molecule has 4 nitrogen and oxygen atoms in total. The van der Waals surface area contributed by atoms with E-state index in [2.05, 4.69) is 10.6 Å². The van der Waals surface area contributed by atoms with Crippen LogP contribution in [0, 0.1) is 11.7 Å². The van der Waals surface area contributed by atoms with Crippen LogP contribution in [0.2, 0.25) is 0 Å². The number of para-hydroxylation sites is 1. The highest BCUT2D eigenvalue weighted by molar-refractivity contribution is 5.89. The second-order valence-corrected chi connectivity index (χ2v) is 4.92. The molecule has 0 saturated carbocycles. The van der Waals surface area contributed by atoms with Gasteiger partial charge in [-0.3, -0.25) is 0 Å². The maximum atomic E-state index is 13.4. The number of fused-ring (bicyclic) bond motifs is 1. The summed E-state index contributed by atoms with van der Waals surface area (Å²) < 4.78 is 13.4. The second kappa shape index (κ2) is 4.57. The minimum absolute atomic E-state index is 0.212. The van der Waals surface area contributed by atoms with Crippen molar-refractivity contribution in [2.24, 2.45) is 5.92 Å². The number of urea groups is 1. The number of benzene rings is 1. The van der Waals surface area contributed by atoms with E-state index >= 15 is 0 Å². The maximum absolute atomic E-state index is 13.4. The normalized spacial score (nSPS) is 26.2. The van der Waals surface area contributed by atoms with Crippen LogP contribution in [0.4, 0.5) is 14.9 Å². The quantitative estimate of drug-likeness (QED) is 0.795. The number of nitrogens with zero attached hydrogens (tertiary/aromatic N) is 1. The van der Waals surface area contributed by atoms with Gasteiger partial charge in [-0.15, -0.1) is 0 Å². The van der Waals surface area contributed by atoms with E-state index in [-0.39, 0.29) is 11.7 Å². The summed E-state index contributed by atoms with van der Waals surface area (Å²) in [4.78, 5) is 13.8. The highest BCUT2D eigenvalue weighted by Crippen LogP contribution is 2.25. The van der Waals surface area contributed by atoms with E-state index in [4.69, 9.17) is 0 Å². The van der Waals surface area contributed by atoms with Gasteiger partial charge in [0.15, 0.2) is 0 Å². The lowest BCUT2D eigenvalue weighted by atomic mass is 10.1. The molecular weight excluding hydrogens is 233 g/mol. The molecular formula is C13H16FN3O. The van der Waals surface area contributed by atoms with Crippen LogP contribution in [0.1, 0.15) is 6.42 Å². The third-order valence-electron chi connectivity index (χ3n) is 3.77. The molecule has 18 heavy (non-hydrogen) atoms. The molecule has 1 aromatic rings. The molecule has 2 heterocycles. The molecule has 0 aliphatic carbocycles. The Kier molecular flexibility index (Phi) is 2.91. The van der Waals surface area contributed by atoms with Crippen molar-refractivity contribution in [2.45, 2.75) is 12.5 Å². The predicted molar refractivity (Wildman–Crippen MR) is 66.9 cm³/mol. The molecule has 2 aliphatic rings. The van der Waals surface area contributed by atoms with Gasteiger partial charge in [0.2, 0.25) is 0 Å². The lowest BCUT2D eigenvalue weighted by molar-refractivity contribution is 0.219. The van der Waals surface area contributed by atoms with Gasteiger partial charge in [0.05, 0.1) is 5.69 Å². The molecule has 0 unspecified atom stereocenters. The van der Waals surface area contributed by atoms with Gasteiger partial charge in [0.1, 0.15) is 5.82 Å². The average Bonchev–Trinajstić information content (AvgIpc) is 2.92. The third kappa shape index (κ3) is 2.06. The van der Waals surface area contributed by atoms with Gasteiger partial charge in [-0.25, -0.2) is 9.18 Å². The number of anilines is 1. The lowest BCUT2D eigenvalue weighted by Gasteiger charge is -2.18. The van der Waals surface area contributed by atoms with E-state index in [0.29, 0.717) is 18.5 Å². The number of nitrogens with one attached hydrogen (secondary N) is 2. The minimum atomic E-state index is -0.400. The Morgan fingerprint density at radius 2 is 2.22 bits per heavy atom. The number of likely N-dealkylation sites (tertiary alicyclic amines) is 1. The fourth-order valence-corrected chi connectivity index (χ4v) is 2.77. The predicted octanol–water partition coefficient (Wildman–Crippen LogP) is 1.65. The van der Waals surface area contributed by atoms with Gasteiger partial charge in [-0.1, -0.05) is 12.1 Å². The molecule has 3 rings (SSSR count). The van der Waals surface area contributed by atoms with Gasteiger partial charge < -0.3 is 15.5 Å². The SMILES string of the molecule is O=C(Nc1ccccc1F)N1C[C@@H]2CCN[C@@H]2C1. The molecule has 2 aliphatic heterocycles. The van der Waals surface area contributed by atoms with Crippen LogP contribution in [-0.2, 0) is 0 Å². The maximum Gasteiger partial charge on any atom is 0.321 e. The number of carbonyl (C=O) groups excluding carboxylic acids is 1. The molecule has 2 atom stereocenters. The Hall–Kier alpha value is -1.62. The number of carbonyl (C=O) groups is 1.